The number of benzene rings is 1. The summed E-state index contributed by atoms with van der Waals surface area (Å²) in [6, 6.07) is 5.37. The fraction of sp³-hybridized carbons (Fsp3) is 0.250. The maximum Gasteiger partial charge on any atom is 0.326 e. The monoisotopic (exact) mass is 287 g/mol. The van der Waals surface area contributed by atoms with Gasteiger partial charge >= 0.3 is 5.97 Å². The molecule has 5 nitrogen and oxygen atoms in total. The highest BCUT2D eigenvalue weighted by Crippen LogP contribution is 2.12. The summed E-state index contributed by atoms with van der Waals surface area (Å²) in [5.41, 5.74) is 0.355. The zero-order valence-corrected chi connectivity index (χ0v) is 11.5. The molecule has 0 saturated carbocycles. The van der Waals surface area contributed by atoms with E-state index in [1.807, 2.05) is 0 Å². The fourth-order valence-corrected chi connectivity index (χ4v) is 1.61. The van der Waals surface area contributed by atoms with Gasteiger partial charge in [-0.15, -0.1) is 13.0 Å². The number of hydrogen-bond acceptors (Lipinski definition) is 3. The zero-order chi connectivity index (χ0) is 15.7. The van der Waals surface area contributed by atoms with Crippen molar-refractivity contribution in [1.82, 2.24) is 5.32 Å². The Kier molecular flexibility index (Phi) is 6.55. The molecule has 0 heterocycles. The van der Waals surface area contributed by atoms with E-state index < -0.39 is 17.9 Å². The summed E-state index contributed by atoms with van der Waals surface area (Å²) in [6.45, 7) is 3.68. The molecular weight excluding hydrogens is 270 g/mol. The topological polar surface area (TPSA) is 75.6 Å². The molecule has 0 radical (unpaired) electrons. The van der Waals surface area contributed by atoms with E-state index in [1.54, 1.807) is 30.3 Å². The van der Waals surface area contributed by atoms with Gasteiger partial charge in [0.05, 0.1) is 0 Å². The molecule has 1 amide bonds. The van der Waals surface area contributed by atoms with Gasteiger partial charge in [-0.05, 0) is 37.1 Å². The third-order valence-electron chi connectivity index (χ3n) is 2.70. The molecule has 1 aromatic rings. The number of terminal acetylenes is 1. The van der Waals surface area contributed by atoms with Gasteiger partial charge in [0.25, 0.3) is 5.91 Å². The van der Waals surface area contributed by atoms with Crippen LogP contribution in [0.3, 0.4) is 0 Å². The van der Waals surface area contributed by atoms with Gasteiger partial charge in [0.2, 0.25) is 0 Å². The van der Waals surface area contributed by atoms with Crippen LogP contribution in [0.15, 0.2) is 36.9 Å². The molecule has 5 heteroatoms. The molecule has 0 spiro atoms. The lowest BCUT2D eigenvalue weighted by molar-refractivity contribution is -0.139. The lowest BCUT2D eigenvalue weighted by Crippen LogP contribution is -2.40. The maximum absolute atomic E-state index is 12.0. The summed E-state index contributed by atoms with van der Waals surface area (Å²) in [6.07, 6.45) is 7.50. The van der Waals surface area contributed by atoms with Crippen molar-refractivity contribution in [1.29, 1.82) is 0 Å². The van der Waals surface area contributed by atoms with Crippen LogP contribution in [0, 0.1) is 12.3 Å². The van der Waals surface area contributed by atoms with Crippen LogP contribution in [0.2, 0.25) is 0 Å². The molecule has 0 aliphatic carbocycles. The first-order valence-corrected chi connectivity index (χ1v) is 6.39. The second-order valence-electron chi connectivity index (χ2n) is 4.25. The average Bonchev–Trinajstić information content (AvgIpc) is 2.49. The van der Waals surface area contributed by atoms with E-state index in [-0.39, 0.29) is 6.61 Å². The van der Waals surface area contributed by atoms with E-state index in [0.29, 0.717) is 24.2 Å². The summed E-state index contributed by atoms with van der Waals surface area (Å²) in [5, 5.41) is 11.5. The Hall–Kier alpha value is -2.74. The molecular formula is C16H17NO4. The van der Waals surface area contributed by atoms with E-state index in [2.05, 4.69) is 17.8 Å². The maximum atomic E-state index is 12.0. The molecule has 0 aromatic heterocycles. The lowest BCUT2D eigenvalue weighted by Gasteiger charge is -2.13. The number of amides is 1. The first-order chi connectivity index (χ1) is 10.1. The Morgan fingerprint density at radius 2 is 2.10 bits per heavy atom. The van der Waals surface area contributed by atoms with Crippen molar-refractivity contribution in [3.8, 4) is 18.1 Å². The molecule has 0 aliphatic rings. The molecule has 1 rings (SSSR count). The smallest absolute Gasteiger partial charge is 0.326 e. The van der Waals surface area contributed by atoms with Crippen LogP contribution in [-0.2, 0) is 4.79 Å². The highest BCUT2D eigenvalue weighted by Gasteiger charge is 2.19. The number of hydrogen-bond donors (Lipinski definition) is 2. The number of ether oxygens (including phenoxy) is 1. The number of rotatable bonds is 8. The molecule has 0 aliphatic heterocycles. The van der Waals surface area contributed by atoms with E-state index >= 15 is 0 Å². The number of carbonyl (C=O) groups is 2. The highest BCUT2D eigenvalue weighted by atomic mass is 16.5. The van der Waals surface area contributed by atoms with E-state index in [4.69, 9.17) is 16.3 Å². The molecule has 0 fully saturated rings. The van der Waals surface area contributed by atoms with E-state index in [9.17, 15) is 9.59 Å². The van der Waals surface area contributed by atoms with Gasteiger partial charge in [0, 0.05) is 5.56 Å². The minimum Gasteiger partial charge on any atom is -0.481 e. The van der Waals surface area contributed by atoms with Crippen molar-refractivity contribution in [2.75, 3.05) is 6.61 Å². The molecule has 110 valence electrons. The standard InChI is InChI=1S/C16H17NO4/c1-3-5-6-14(16(19)20)17-15(18)12-7-9-13(10-8-12)21-11-4-2/h2-3,7-10,14H,1,5-6,11H2,(H,17,18)(H,19,20). The molecule has 2 N–H and O–H groups in total. The van der Waals surface area contributed by atoms with Gasteiger partial charge in [-0.2, -0.15) is 0 Å². The van der Waals surface area contributed by atoms with Gasteiger partial charge in [-0.3, -0.25) is 4.79 Å². The minimum absolute atomic E-state index is 0.147. The van der Waals surface area contributed by atoms with Gasteiger partial charge in [0.1, 0.15) is 18.4 Å². The number of allylic oxidation sites excluding steroid dienone is 1. The molecule has 1 aromatic carbocycles. The van der Waals surface area contributed by atoms with Crippen molar-refractivity contribution < 1.29 is 19.4 Å². The summed E-state index contributed by atoms with van der Waals surface area (Å²) in [5.74, 6) is 1.36. The first kappa shape index (κ1) is 16.3. The third kappa shape index (κ3) is 5.41. The Labute approximate surface area is 123 Å². The second-order valence-corrected chi connectivity index (χ2v) is 4.25. The molecule has 1 atom stereocenters. The minimum atomic E-state index is -1.07. The van der Waals surface area contributed by atoms with Gasteiger partial charge in [-0.25, -0.2) is 4.79 Å². The summed E-state index contributed by atoms with van der Waals surface area (Å²) in [7, 11) is 0. The highest BCUT2D eigenvalue weighted by molar-refractivity contribution is 5.96. The predicted molar refractivity (Wildman–Crippen MR) is 79.1 cm³/mol. The Balaban J connectivity index is 2.67. The van der Waals surface area contributed by atoms with Crippen molar-refractivity contribution in [2.45, 2.75) is 18.9 Å². The molecule has 21 heavy (non-hydrogen) atoms. The van der Waals surface area contributed by atoms with Crippen molar-refractivity contribution >= 4 is 11.9 Å². The molecule has 0 saturated heterocycles. The van der Waals surface area contributed by atoms with Gasteiger partial charge < -0.3 is 15.2 Å². The van der Waals surface area contributed by atoms with Gasteiger partial charge in [-0.1, -0.05) is 12.0 Å². The quantitative estimate of drug-likeness (QED) is 0.565. The van der Waals surface area contributed by atoms with Crippen LogP contribution < -0.4 is 10.1 Å². The number of nitrogens with one attached hydrogen (secondary N) is 1. The number of carboxylic acid groups (broad SMARTS) is 1. The van der Waals surface area contributed by atoms with E-state index in [0.717, 1.165) is 0 Å². The number of carboxylic acids is 1. The largest absolute Gasteiger partial charge is 0.481 e. The van der Waals surface area contributed by atoms with Crippen LogP contribution in [-0.4, -0.2) is 29.6 Å². The molecule has 0 bridgehead atoms. The van der Waals surface area contributed by atoms with Crippen molar-refractivity contribution in [3.05, 3.63) is 42.5 Å². The summed E-state index contributed by atoms with van der Waals surface area (Å²) in [4.78, 5) is 23.0. The van der Waals surface area contributed by atoms with Crippen molar-refractivity contribution in [2.24, 2.45) is 0 Å². The van der Waals surface area contributed by atoms with Crippen LogP contribution in [0.5, 0.6) is 5.75 Å². The summed E-state index contributed by atoms with van der Waals surface area (Å²) < 4.78 is 5.19. The average molecular weight is 287 g/mol. The van der Waals surface area contributed by atoms with Crippen LogP contribution >= 0.6 is 0 Å². The summed E-state index contributed by atoms with van der Waals surface area (Å²) >= 11 is 0. The first-order valence-electron chi connectivity index (χ1n) is 6.39. The van der Waals surface area contributed by atoms with Crippen LogP contribution in [0.25, 0.3) is 0 Å². The Bertz CT molecular complexity index is 542. The normalized spacial score (nSPS) is 11.0. The van der Waals surface area contributed by atoms with Crippen molar-refractivity contribution in [3.63, 3.8) is 0 Å². The number of carbonyl (C=O) groups excluding carboxylic acids is 1. The second kappa shape index (κ2) is 8.43. The number of aliphatic carboxylic acids is 1. The lowest BCUT2D eigenvalue weighted by atomic mass is 10.1. The van der Waals surface area contributed by atoms with Crippen LogP contribution in [0.1, 0.15) is 23.2 Å². The van der Waals surface area contributed by atoms with E-state index in [1.165, 1.54) is 0 Å². The SMILES string of the molecule is C#CCOc1ccc(C(=O)NC(CCC=C)C(=O)O)cc1. The predicted octanol–water partition coefficient (Wildman–Crippen LogP) is 1.85. The van der Waals surface area contributed by atoms with Crippen LogP contribution in [0.4, 0.5) is 0 Å². The fourth-order valence-electron chi connectivity index (χ4n) is 1.61. The van der Waals surface area contributed by atoms with Gasteiger partial charge in [0.15, 0.2) is 0 Å². The third-order valence-corrected chi connectivity index (χ3v) is 2.70. The Morgan fingerprint density at radius 3 is 2.62 bits per heavy atom. The zero-order valence-electron chi connectivity index (χ0n) is 11.5. The molecule has 1 unspecified atom stereocenters. The Morgan fingerprint density at radius 1 is 1.43 bits per heavy atom.